The Morgan fingerprint density at radius 2 is 2.36 bits per heavy atom. The van der Waals surface area contributed by atoms with Crippen LogP contribution in [0.4, 0.5) is 0 Å². The van der Waals surface area contributed by atoms with Crippen LogP contribution >= 0.6 is 27.3 Å². The Hall–Kier alpha value is 0.1000. The molecule has 0 aliphatic carbocycles. The van der Waals surface area contributed by atoms with Crippen LogP contribution in [0.1, 0.15) is 18.2 Å². The number of hydrogen-bond acceptors (Lipinski definition) is 3. The van der Waals surface area contributed by atoms with Crippen molar-refractivity contribution in [3.8, 4) is 0 Å². The SMILES string of the molecule is CCC1(O)CN(Cc2cc(Br)cs2)C1. The van der Waals surface area contributed by atoms with Crippen molar-refractivity contribution in [2.24, 2.45) is 0 Å². The van der Waals surface area contributed by atoms with Crippen molar-refractivity contribution in [1.82, 2.24) is 4.90 Å². The summed E-state index contributed by atoms with van der Waals surface area (Å²) in [7, 11) is 0. The zero-order valence-electron chi connectivity index (χ0n) is 8.16. The van der Waals surface area contributed by atoms with E-state index in [0.717, 1.165) is 30.5 Å². The second-order valence-corrected chi connectivity index (χ2v) is 5.87. The summed E-state index contributed by atoms with van der Waals surface area (Å²) < 4.78 is 1.16. The number of likely N-dealkylation sites (tertiary alicyclic amines) is 1. The van der Waals surface area contributed by atoms with E-state index in [0.29, 0.717) is 0 Å². The molecule has 0 saturated carbocycles. The Morgan fingerprint density at radius 1 is 1.64 bits per heavy atom. The first-order valence-corrected chi connectivity index (χ1v) is 6.46. The van der Waals surface area contributed by atoms with Crippen LogP contribution in [0.3, 0.4) is 0 Å². The molecule has 1 aliphatic heterocycles. The lowest BCUT2D eigenvalue weighted by atomic mass is 9.91. The van der Waals surface area contributed by atoms with Gasteiger partial charge in [-0.2, -0.15) is 0 Å². The van der Waals surface area contributed by atoms with Gasteiger partial charge in [0.1, 0.15) is 0 Å². The quantitative estimate of drug-likeness (QED) is 0.916. The molecule has 2 heterocycles. The summed E-state index contributed by atoms with van der Waals surface area (Å²) >= 11 is 5.21. The molecule has 0 atom stereocenters. The predicted molar refractivity (Wildman–Crippen MR) is 62.5 cm³/mol. The molecule has 14 heavy (non-hydrogen) atoms. The van der Waals surface area contributed by atoms with Crippen LogP contribution in [-0.4, -0.2) is 28.7 Å². The molecule has 0 aromatic carbocycles. The van der Waals surface area contributed by atoms with E-state index in [2.05, 4.69) is 32.3 Å². The molecule has 1 saturated heterocycles. The van der Waals surface area contributed by atoms with E-state index in [1.54, 1.807) is 11.3 Å². The fourth-order valence-corrected chi connectivity index (χ4v) is 3.27. The molecule has 1 fully saturated rings. The maximum Gasteiger partial charge on any atom is 0.0897 e. The van der Waals surface area contributed by atoms with Gasteiger partial charge in [0.2, 0.25) is 0 Å². The third-order valence-electron chi connectivity index (χ3n) is 2.70. The monoisotopic (exact) mass is 275 g/mol. The number of β-amino-alcohol motifs (C(OH)–C–C–N with tert-alkyl or cyclic N) is 1. The van der Waals surface area contributed by atoms with Gasteiger partial charge in [-0.05, 0) is 28.4 Å². The highest BCUT2D eigenvalue weighted by Gasteiger charge is 2.39. The average molecular weight is 276 g/mol. The summed E-state index contributed by atoms with van der Waals surface area (Å²) in [6, 6.07) is 2.15. The van der Waals surface area contributed by atoms with Gasteiger partial charge in [0.05, 0.1) is 5.60 Å². The van der Waals surface area contributed by atoms with Gasteiger partial charge in [-0.25, -0.2) is 0 Å². The van der Waals surface area contributed by atoms with Crippen LogP contribution in [0.5, 0.6) is 0 Å². The second-order valence-electron chi connectivity index (χ2n) is 3.95. The summed E-state index contributed by atoms with van der Waals surface area (Å²) in [5.74, 6) is 0. The number of hydrogen-bond donors (Lipinski definition) is 1. The molecule has 1 aliphatic rings. The molecule has 78 valence electrons. The third kappa shape index (κ3) is 2.19. The fourth-order valence-electron chi connectivity index (χ4n) is 1.78. The Kier molecular flexibility index (Phi) is 2.98. The van der Waals surface area contributed by atoms with Crippen LogP contribution < -0.4 is 0 Å². The van der Waals surface area contributed by atoms with Crippen molar-refractivity contribution in [3.63, 3.8) is 0 Å². The van der Waals surface area contributed by atoms with E-state index in [-0.39, 0.29) is 0 Å². The van der Waals surface area contributed by atoms with E-state index < -0.39 is 5.60 Å². The van der Waals surface area contributed by atoms with Gasteiger partial charge in [-0.15, -0.1) is 11.3 Å². The lowest BCUT2D eigenvalue weighted by Gasteiger charge is -2.46. The predicted octanol–water partition coefficient (Wildman–Crippen LogP) is 2.47. The molecule has 1 N–H and O–H groups in total. The fraction of sp³-hybridized carbons (Fsp3) is 0.600. The smallest absolute Gasteiger partial charge is 0.0897 e. The molecule has 0 amide bonds. The highest BCUT2D eigenvalue weighted by molar-refractivity contribution is 9.10. The molecule has 4 heteroatoms. The average Bonchev–Trinajstić information content (AvgIpc) is 2.48. The highest BCUT2D eigenvalue weighted by atomic mass is 79.9. The molecular formula is C10H14BrNOS. The van der Waals surface area contributed by atoms with Crippen molar-refractivity contribution >= 4 is 27.3 Å². The lowest BCUT2D eigenvalue weighted by molar-refractivity contribution is -0.103. The number of nitrogens with zero attached hydrogens (tertiary/aromatic N) is 1. The molecule has 1 aromatic rings. The van der Waals surface area contributed by atoms with Crippen LogP contribution in [0, 0.1) is 0 Å². The first-order chi connectivity index (χ1) is 6.61. The minimum atomic E-state index is -0.408. The summed E-state index contributed by atoms with van der Waals surface area (Å²) in [6.45, 7) is 4.65. The normalized spacial score (nSPS) is 20.8. The number of halogens is 1. The molecule has 1 aromatic heterocycles. The van der Waals surface area contributed by atoms with Crippen molar-refractivity contribution < 1.29 is 5.11 Å². The van der Waals surface area contributed by atoms with Crippen molar-refractivity contribution in [1.29, 1.82) is 0 Å². The highest BCUT2D eigenvalue weighted by Crippen LogP contribution is 2.28. The molecule has 2 rings (SSSR count). The van der Waals surface area contributed by atoms with Gasteiger partial charge in [0.25, 0.3) is 0 Å². The van der Waals surface area contributed by atoms with Crippen LogP contribution in [-0.2, 0) is 6.54 Å². The van der Waals surface area contributed by atoms with Gasteiger partial charge in [-0.1, -0.05) is 6.92 Å². The van der Waals surface area contributed by atoms with Crippen molar-refractivity contribution in [3.05, 3.63) is 20.8 Å². The first kappa shape index (κ1) is 10.6. The van der Waals surface area contributed by atoms with E-state index in [4.69, 9.17) is 0 Å². The zero-order valence-corrected chi connectivity index (χ0v) is 10.6. The molecular weight excluding hydrogens is 262 g/mol. The van der Waals surface area contributed by atoms with Gasteiger partial charge >= 0.3 is 0 Å². The molecule has 2 nitrogen and oxygen atoms in total. The van der Waals surface area contributed by atoms with Gasteiger partial charge in [0, 0.05) is 34.4 Å². The Morgan fingerprint density at radius 3 is 2.86 bits per heavy atom. The largest absolute Gasteiger partial charge is 0.387 e. The van der Waals surface area contributed by atoms with Crippen LogP contribution in [0.25, 0.3) is 0 Å². The lowest BCUT2D eigenvalue weighted by Crippen LogP contribution is -2.60. The Balaban J connectivity index is 1.85. The second kappa shape index (κ2) is 3.93. The van der Waals surface area contributed by atoms with Gasteiger partial charge in [-0.3, -0.25) is 4.90 Å². The molecule has 0 spiro atoms. The minimum Gasteiger partial charge on any atom is -0.387 e. The van der Waals surface area contributed by atoms with Crippen molar-refractivity contribution in [2.75, 3.05) is 13.1 Å². The van der Waals surface area contributed by atoms with Crippen LogP contribution in [0.15, 0.2) is 15.9 Å². The van der Waals surface area contributed by atoms with Crippen LogP contribution in [0.2, 0.25) is 0 Å². The first-order valence-electron chi connectivity index (χ1n) is 4.79. The third-order valence-corrected chi connectivity index (χ3v) is 4.38. The summed E-state index contributed by atoms with van der Waals surface area (Å²) in [5.41, 5.74) is -0.408. The van der Waals surface area contributed by atoms with Gasteiger partial charge < -0.3 is 5.11 Å². The standard InChI is InChI=1S/C10H14BrNOS/c1-2-10(13)6-12(7-10)4-9-3-8(11)5-14-9/h3,5,13H,2,4,6-7H2,1H3. The Bertz CT molecular complexity index is 320. The van der Waals surface area contributed by atoms with E-state index in [1.807, 2.05) is 6.92 Å². The molecule has 0 radical (unpaired) electrons. The molecule has 0 unspecified atom stereocenters. The maximum atomic E-state index is 9.82. The Labute approximate surface area is 96.7 Å². The molecule has 0 bridgehead atoms. The minimum absolute atomic E-state index is 0.408. The number of rotatable bonds is 3. The number of thiophene rings is 1. The summed E-state index contributed by atoms with van der Waals surface area (Å²) in [5, 5.41) is 11.9. The number of aliphatic hydroxyl groups is 1. The topological polar surface area (TPSA) is 23.5 Å². The summed E-state index contributed by atoms with van der Waals surface area (Å²) in [4.78, 5) is 3.64. The van der Waals surface area contributed by atoms with E-state index in [9.17, 15) is 5.11 Å². The summed E-state index contributed by atoms with van der Waals surface area (Å²) in [6.07, 6.45) is 0.859. The van der Waals surface area contributed by atoms with E-state index in [1.165, 1.54) is 4.88 Å². The van der Waals surface area contributed by atoms with E-state index >= 15 is 0 Å². The van der Waals surface area contributed by atoms with Crippen molar-refractivity contribution in [2.45, 2.75) is 25.5 Å². The van der Waals surface area contributed by atoms with Gasteiger partial charge in [0.15, 0.2) is 0 Å². The maximum absolute atomic E-state index is 9.82. The zero-order chi connectivity index (χ0) is 10.2.